The van der Waals surface area contributed by atoms with Gasteiger partial charge in [0.25, 0.3) is 0 Å². The lowest BCUT2D eigenvalue weighted by Gasteiger charge is -2.00. The Morgan fingerprint density at radius 1 is 1.44 bits per heavy atom. The Balaban J connectivity index is 2.16. The van der Waals surface area contributed by atoms with Crippen LogP contribution in [-0.2, 0) is 6.42 Å². The van der Waals surface area contributed by atoms with Crippen molar-refractivity contribution >= 4 is 11.6 Å². The first-order valence-electron chi connectivity index (χ1n) is 5.65. The van der Waals surface area contributed by atoms with Crippen LogP contribution in [0.3, 0.4) is 0 Å². The van der Waals surface area contributed by atoms with Gasteiger partial charge in [0.2, 0.25) is 11.7 Å². The second kappa shape index (κ2) is 5.65. The number of rotatable bonds is 4. The van der Waals surface area contributed by atoms with Crippen molar-refractivity contribution in [1.29, 1.82) is 5.26 Å². The van der Waals surface area contributed by atoms with E-state index < -0.39 is 0 Å². The van der Waals surface area contributed by atoms with Crippen molar-refractivity contribution in [2.24, 2.45) is 5.92 Å². The van der Waals surface area contributed by atoms with E-state index in [1.54, 1.807) is 6.07 Å². The van der Waals surface area contributed by atoms with Gasteiger partial charge in [-0.25, -0.2) is 0 Å². The lowest BCUT2D eigenvalue weighted by atomic mass is 10.1. The lowest BCUT2D eigenvalue weighted by Crippen LogP contribution is -1.98. The van der Waals surface area contributed by atoms with E-state index in [1.165, 1.54) is 0 Å². The predicted molar refractivity (Wildman–Crippen MR) is 67.8 cm³/mol. The first-order chi connectivity index (χ1) is 8.70. The molecule has 2 rings (SSSR count). The molecule has 0 bridgehead atoms. The Labute approximate surface area is 110 Å². The average molecular weight is 262 g/mol. The van der Waals surface area contributed by atoms with Gasteiger partial charge < -0.3 is 4.52 Å². The van der Waals surface area contributed by atoms with E-state index in [0.717, 1.165) is 5.56 Å². The Kier molecular flexibility index (Phi) is 3.96. The van der Waals surface area contributed by atoms with Gasteiger partial charge in [0.15, 0.2) is 0 Å². The highest BCUT2D eigenvalue weighted by Crippen LogP contribution is 2.25. The smallest absolute Gasteiger partial charge is 0.227 e. The predicted octanol–water partition coefficient (Wildman–Crippen LogP) is 3.48. The standard InChI is InChI=1S/C13H12ClN3O/c1-9(6-7-15)8-12-16-13(17-18-12)10-4-2-3-5-11(10)14/h2-5,9H,6,8H2,1H3. The highest BCUT2D eigenvalue weighted by molar-refractivity contribution is 6.33. The van der Waals surface area contributed by atoms with E-state index in [9.17, 15) is 0 Å². The van der Waals surface area contributed by atoms with Gasteiger partial charge in [0.1, 0.15) is 0 Å². The topological polar surface area (TPSA) is 62.7 Å². The van der Waals surface area contributed by atoms with Crippen LogP contribution in [0.2, 0.25) is 5.02 Å². The Morgan fingerprint density at radius 2 is 2.22 bits per heavy atom. The zero-order chi connectivity index (χ0) is 13.0. The second-order valence-electron chi connectivity index (χ2n) is 4.16. The van der Waals surface area contributed by atoms with Gasteiger partial charge in [-0.2, -0.15) is 10.2 Å². The molecule has 4 nitrogen and oxygen atoms in total. The number of benzene rings is 1. The third kappa shape index (κ3) is 2.88. The minimum atomic E-state index is 0.203. The summed E-state index contributed by atoms with van der Waals surface area (Å²) in [6, 6.07) is 9.47. The summed E-state index contributed by atoms with van der Waals surface area (Å²) in [5.74, 6) is 1.22. The quantitative estimate of drug-likeness (QED) is 0.845. The zero-order valence-electron chi connectivity index (χ0n) is 9.93. The molecule has 0 fully saturated rings. The Bertz CT molecular complexity index is 574. The normalized spacial score (nSPS) is 12.1. The first-order valence-corrected chi connectivity index (χ1v) is 6.03. The number of nitrogens with zero attached hydrogens (tertiary/aromatic N) is 3. The van der Waals surface area contributed by atoms with E-state index in [1.807, 2.05) is 25.1 Å². The van der Waals surface area contributed by atoms with Crippen LogP contribution in [0.1, 0.15) is 19.2 Å². The molecule has 1 aromatic heterocycles. The van der Waals surface area contributed by atoms with Crippen LogP contribution in [0, 0.1) is 17.2 Å². The van der Waals surface area contributed by atoms with E-state index in [-0.39, 0.29) is 5.92 Å². The molecule has 2 aromatic rings. The third-order valence-corrected chi connectivity index (χ3v) is 2.88. The fourth-order valence-corrected chi connectivity index (χ4v) is 1.84. The van der Waals surface area contributed by atoms with Crippen molar-refractivity contribution < 1.29 is 4.52 Å². The van der Waals surface area contributed by atoms with Gasteiger partial charge in [0.05, 0.1) is 11.1 Å². The minimum Gasteiger partial charge on any atom is -0.339 e. The molecule has 0 N–H and O–H groups in total. The summed E-state index contributed by atoms with van der Waals surface area (Å²) in [6.07, 6.45) is 1.08. The fraction of sp³-hybridized carbons (Fsp3) is 0.308. The molecule has 1 unspecified atom stereocenters. The summed E-state index contributed by atoms with van der Waals surface area (Å²) in [5, 5.41) is 13.1. The van der Waals surface area contributed by atoms with Gasteiger partial charge in [0, 0.05) is 18.4 Å². The average Bonchev–Trinajstić information content (AvgIpc) is 2.78. The van der Waals surface area contributed by atoms with Crippen LogP contribution in [0.15, 0.2) is 28.8 Å². The van der Waals surface area contributed by atoms with Crippen molar-refractivity contribution in [3.8, 4) is 17.5 Å². The summed E-state index contributed by atoms with van der Waals surface area (Å²) in [7, 11) is 0. The van der Waals surface area contributed by atoms with Crippen molar-refractivity contribution in [2.75, 3.05) is 0 Å². The van der Waals surface area contributed by atoms with Crippen molar-refractivity contribution in [1.82, 2.24) is 10.1 Å². The van der Waals surface area contributed by atoms with Crippen molar-refractivity contribution in [2.45, 2.75) is 19.8 Å². The maximum Gasteiger partial charge on any atom is 0.227 e. The molecule has 0 saturated carbocycles. The van der Waals surface area contributed by atoms with Gasteiger partial charge in [-0.3, -0.25) is 0 Å². The van der Waals surface area contributed by atoms with Crippen molar-refractivity contribution in [3.63, 3.8) is 0 Å². The molecular formula is C13H12ClN3O. The van der Waals surface area contributed by atoms with Gasteiger partial charge in [-0.1, -0.05) is 35.8 Å². The molecule has 1 heterocycles. The maximum atomic E-state index is 8.60. The number of hydrogen-bond acceptors (Lipinski definition) is 4. The zero-order valence-corrected chi connectivity index (χ0v) is 10.7. The summed E-state index contributed by atoms with van der Waals surface area (Å²) in [6.45, 7) is 1.97. The second-order valence-corrected chi connectivity index (χ2v) is 4.57. The highest BCUT2D eigenvalue weighted by Gasteiger charge is 2.13. The van der Waals surface area contributed by atoms with Crippen molar-refractivity contribution in [3.05, 3.63) is 35.2 Å². The number of nitriles is 1. The third-order valence-electron chi connectivity index (χ3n) is 2.55. The molecule has 92 valence electrons. The highest BCUT2D eigenvalue weighted by atomic mass is 35.5. The van der Waals surface area contributed by atoms with Crippen LogP contribution < -0.4 is 0 Å². The molecule has 18 heavy (non-hydrogen) atoms. The minimum absolute atomic E-state index is 0.203. The largest absolute Gasteiger partial charge is 0.339 e. The molecule has 0 aliphatic rings. The number of aromatic nitrogens is 2. The van der Waals surface area contributed by atoms with Crippen LogP contribution in [-0.4, -0.2) is 10.1 Å². The lowest BCUT2D eigenvalue weighted by molar-refractivity contribution is 0.359. The van der Waals surface area contributed by atoms with E-state index >= 15 is 0 Å². The molecule has 0 aliphatic heterocycles. The molecule has 0 spiro atoms. The Morgan fingerprint density at radius 3 is 2.94 bits per heavy atom. The van der Waals surface area contributed by atoms with Crippen LogP contribution >= 0.6 is 11.6 Å². The molecule has 0 radical (unpaired) electrons. The summed E-state index contributed by atoms with van der Waals surface area (Å²) >= 11 is 6.06. The molecule has 0 amide bonds. The first kappa shape index (κ1) is 12.6. The summed E-state index contributed by atoms with van der Waals surface area (Å²) < 4.78 is 5.16. The van der Waals surface area contributed by atoms with E-state index in [0.29, 0.717) is 29.6 Å². The van der Waals surface area contributed by atoms with E-state index in [2.05, 4.69) is 16.2 Å². The molecule has 5 heteroatoms. The SMILES string of the molecule is CC(CC#N)Cc1nc(-c2ccccc2Cl)no1. The molecular weight excluding hydrogens is 250 g/mol. The van der Waals surface area contributed by atoms with Gasteiger partial charge in [-0.05, 0) is 18.1 Å². The maximum absolute atomic E-state index is 8.60. The monoisotopic (exact) mass is 261 g/mol. The summed E-state index contributed by atoms with van der Waals surface area (Å²) in [4.78, 5) is 4.29. The van der Waals surface area contributed by atoms with Gasteiger partial charge in [-0.15, -0.1) is 0 Å². The molecule has 1 atom stereocenters. The molecule has 1 aromatic carbocycles. The van der Waals surface area contributed by atoms with Crippen LogP contribution in [0.4, 0.5) is 0 Å². The summed E-state index contributed by atoms with van der Waals surface area (Å²) in [5.41, 5.74) is 0.752. The Hall–Kier alpha value is -1.86. The van der Waals surface area contributed by atoms with Crippen LogP contribution in [0.25, 0.3) is 11.4 Å². The number of halogens is 1. The fourth-order valence-electron chi connectivity index (χ4n) is 1.62. The number of hydrogen-bond donors (Lipinski definition) is 0. The molecule has 0 saturated heterocycles. The van der Waals surface area contributed by atoms with E-state index in [4.69, 9.17) is 21.4 Å². The molecule has 0 aliphatic carbocycles. The van der Waals surface area contributed by atoms with Crippen LogP contribution in [0.5, 0.6) is 0 Å². The van der Waals surface area contributed by atoms with Gasteiger partial charge >= 0.3 is 0 Å².